The van der Waals surface area contributed by atoms with Crippen molar-refractivity contribution in [2.24, 2.45) is 5.92 Å². The average molecular weight is 325 g/mol. The van der Waals surface area contributed by atoms with E-state index in [4.69, 9.17) is 0 Å². The van der Waals surface area contributed by atoms with Crippen LogP contribution in [0.5, 0.6) is 0 Å². The lowest BCUT2D eigenvalue weighted by Gasteiger charge is -2.38. The zero-order chi connectivity index (χ0) is 15.9. The molecule has 0 bridgehead atoms. The molecule has 2 N–H and O–H groups in total. The molecule has 3 rings (SSSR count). The molecule has 2 fully saturated rings. The lowest BCUT2D eigenvalue weighted by Crippen LogP contribution is -2.53. The molecule has 2 aliphatic heterocycles. The number of piperidine rings is 1. The molecule has 0 aliphatic carbocycles. The van der Waals surface area contributed by atoms with Gasteiger partial charge in [-0.1, -0.05) is 0 Å². The number of hydrogen-bond acceptors (Lipinski definition) is 7. The summed E-state index contributed by atoms with van der Waals surface area (Å²) in [5.41, 5.74) is -0.877. The monoisotopic (exact) mass is 325 g/mol. The topological polar surface area (TPSA) is 117 Å². The number of nitro groups is 1. The summed E-state index contributed by atoms with van der Waals surface area (Å²) in [6, 6.07) is -0.453. The number of hydrogen-bond donors (Lipinski definition) is 2. The molecule has 3 heterocycles. The first-order chi connectivity index (χ1) is 10.4. The van der Waals surface area contributed by atoms with E-state index >= 15 is 0 Å². The third-order valence-electron chi connectivity index (χ3n) is 4.32. The number of imide groups is 1. The predicted molar refractivity (Wildman–Crippen MR) is 78.8 cm³/mol. The summed E-state index contributed by atoms with van der Waals surface area (Å²) in [6.45, 7) is 3.03. The highest BCUT2D eigenvalue weighted by molar-refractivity contribution is 7.18. The van der Waals surface area contributed by atoms with E-state index in [0.717, 1.165) is 11.3 Å². The second-order valence-electron chi connectivity index (χ2n) is 5.61. The van der Waals surface area contributed by atoms with Gasteiger partial charge in [0.2, 0.25) is 0 Å². The van der Waals surface area contributed by atoms with Gasteiger partial charge in [0.1, 0.15) is 11.7 Å². The van der Waals surface area contributed by atoms with E-state index in [2.05, 4.69) is 15.6 Å². The number of amides is 3. The number of rotatable bonds is 3. The van der Waals surface area contributed by atoms with Gasteiger partial charge in [-0.15, -0.1) is 0 Å². The first-order valence-electron chi connectivity index (χ1n) is 6.89. The average Bonchev–Trinajstić information content (AvgIpc) is 3.05. The highest BCUT2D eigenvalue weighted by atomic mass is 32.1. The molecule has 0 saturated carbocycles. The summed E-state index contributed by atoms with van der Waals surface area (Å²) in [7, 11) is 0. The molecule has 1 atom stereocenters. The number of urea groups is 1. The van der Waals surface area contributed by atoms with Crippen molar-refractivity contribution in [3.63, 3.8) is 0 Å². The van der Waals surface area contributed by atoms with E-state index in [1.807, 2.05) is 4.90 Å². The minimum atomic E-state index is -0.877. The number of nitrogens with zero attached hydrogens (tertiary/aromatic N) is 3. The van der Waals surface area contributed by atoms with E-state index in [1.165, 1.54) is 6.20 Å². The highest BCUT2D eigenvalue weighted by Crippen LogP contribution is 2.35. The van der Waals surface area contributed by atoms with Gasteiger partial charge in [-0.3, -0.25) is 20.2 Å². The van der Waals surface area contributed by atoms with Gasteiger partial charge in [0.05, 0.1) is 4.92 Å². The van der Waals surface area contributed by atoms with Crippen molar-refractivity contribution in [1.82, 2.24) is 15.6 Å². The van der Waals surface area contributed by atoms with Crippen LogP contribution in [0, 0.1) is 16.0 Å². The zero-order valence-electron chi connectivity index (χ0n) is 11.9. The van der Waals surface area contributed by atoms with Crippen LogP contribution in [-0.4, -0.2) is 40.5 Å². The summed E-state index contributed by atoms with van der Waals surface area (Å²) in [5, 5.41) is 16.3. The summed E-state index contributed by atoms with van der Waals surface area (Å²) in [5.74, 6) is -0.258. The van der Waals surface area contributed by atoms with Crippen molar-refractivity contribution >= 4 is 33.4 Å². The van der Waals surface area contributed by atoms with Crippen molar-refractivity contribution in [3.8, 4) is 0 Å². The number of aromatic nitrogens is 1. The predicted octanol–water partition coefficient (Wildman–Crippen LogP) is 0.866. The molecular formula is C12H15N5O4S. The maximum Gasteiger partial charge on any atom is 0.345 e. The molecule has 118 valence electrons. The van der Waals surface area contributed by atoms with Gasteiger partial charge in [-0.05, 0) is 37.0 Å². The van der Waals surface area contributed by atoms with Crippen LogP contribution in [0.2, 0.25) is 0 Å². The molecule has 10 heteroatoms. The smallest absolute Gasteiger partial charge is 0.345 e. The van der Waals surface area contributed by atoms with Crippen molar-refractivity contribution < 1.29 is 14.5 Å². The lowest BCUT2D eigenvalue weighted by molar-refractivity contribution is -0.380. The Kier molecular flexibility index (Phi) is 3.47. The van der Waals surface area contributed by atoms with Crippen LogP contribution in [0.15, 0.2) is 6.20 Å². The summed E-state index contributed by atoms with van der Waals surface area (Å²) < 4.78 is 0. The zero-order valence-corrected chi connectivity index (χ0v) is 12.7. The van der Waals surface area contributed by atoms with Crippen LogP contribution in [-0.2, 0) is 4.79 Å². The van der Waals surface area contributed by atoms with Crippen molar-refractivity contribution in [2.75, 3.05) is 18.0 Å². The summed E-state index contributed by atoms with van der Waals surface area (Å²) >= 11 is 1.05. The quantitative estimate of drug-likeness (QED) is 0.483. The molecule has 2 saturated heterocycles. The normalized spacial score (nSPS) is 26.0. The van der Waals surface area contributed by atoms with Gasteiger partial charge in [0.25, 0.3) is 5.91 Å². The van der Waals surface area contributed by atoms with Crippen molar-refractivity contribution in [2.45, 2.75) is 25.3 Å². The van der Waals surface area contributed by atoms with E-state index in [0.29, 0.717) is 31.1 Å². The Balaban J connectivity index is 1.66. The second-order valence-corrected chi connectivity index (χ2v) is 6.60. The third-order valence-corrected chi connectivity index (χ3v) is 5.32. The Bertz CT molecular complexity index is 639. The van der Waals surface area contributed by atoms with Crippen molar-refractivity contribution in [3.05, 3.63) is 16.3 Å². The number of anilines is 1. The fraction of sp³-hybridized carbons (Fsp3) is 0.583. The first kappa shape index (κ1) is 14.7. The summed E-state index contributed by atoms with van der Waals surface area (Å²) in [6.07, 6.45) is 2.67. The maximum absolute atomic E-state index is 11.9. The fourth-order valence-electron chi connectivity index (χ4n) is 2.98. The molecular weight excluding hydrogens is 310 g/mol. The Labute approximate surface area is 129 Å². The largest absolute Gasteiger partial charge is 0.348 e. The standard InChI is InChI=1S/C12H15N5O4S/c1-12(9(18)14-10(19)15-12)7-2-4-16(5-3-7)11-13-6-8(22-11)17(20)21/h6-7H,2-5H2,1H3,(H2,14,15,18,19)/t12-/m1/s1. The van der Waals surface area contributed by atoms with E-state index < -0.39 is 16.5 Å². The molecule has 1 aromatic heterocycles. The number of carbonyl (C=O) groups is 2. The van der Waals surface area contributed by atoms with Gasteiger partial charge in [0.15, 0.2) is 5.13 Å². The highest BCUT2D eigenvalue weighted by Gasteiger charge is 2.48. The molecule has 3 amide bonds. The number of nitrogens with one attached hydrogen (secondary N) is 2. The van der Waals surface area contributed by atoms with Gasteiger partial charge in [-0.25, -0.2) is 9.78 Å². The molecule has 0 aromatic carbocycles. The molecule has 9 nitrogen and oxygen atoms in total. The van der Waals surface area contributed by atoms with Crippen LogP contribution in [0.25, 0.3) is 0 Å². The molecule has 22 heavy (non-hydrogen) atoms. The summed E-state index contributed by atoms with van der Waals surface area (Å²) in [4.78, 5) is 39.6. The first-order valence-corrected chi connectivity index (χ1v) is 7.70. The van der Waals surface area contributed by atoms with Gasteiger partial charge < -0.3 is 10.2 Å². The van der Waals surface area contributed by atoms with E-state index in [-0.39, 0.29) is 16.8 Å². The molecule has 2 aliphatic rings. The minimum absolute atomic E-state index is 0.0199. The third kappa shape index (κ3) is 2.39. The molecule has 0 unspecified atom stereocenters. The van der Waals surface area contributed by atoms with Gasteiger partial charge >= 0.3 is 11.0 Å². The Hall–Kier alpha value is -2.23. The molecule has 0 spiro atoms. The van der Waals surface area contributed by atoms with Gasteiger partial charge in [-0.2, -0.15) is 0 Å². The van der Waals surface area contributed by atoms with Crippen LogP contribution < -0.4 is 15.5 Å². The van der Waals surface area contributed by atoms with E-state index in [1.54, 1.807) is 6.92 Å². The van der Waals surface area contributed by atoms with Crippen LogP contribution in [0.4, 0.5) is 14.9 Å². The van der Waals surface area contributed by atoms with Crippen LogP contribution in [0.3, 0.4) is 0 Å². The fourth-order valence-corrected chi connectivity index (χ4v) is 3.76. The Morgan fingerprint density at radius 3 is 2.64 bits per heavy atom. The molecule has 1 aromatic rings. The Morgan fingerprint density at radius 2 is 2.14 bits per heavy atom. The van der Waals surface area contributed by atoms with Crippen LogP contribution >= 0.6 is 11.3 Å². The Morgan fingerprint density at radius 1 is 1.45 bits per heavy atom. The molecule has 0 radical (unpaired) electrons. The SMILES string of the molecule is C[C@]1(C2CCN(c3ncc([N+](=O)[O-])s3)CC2)NC(=O)NC1=O. The van der Waals surface area contributed by atoms with Crippen LogP contribution in [0.1, 0.15) is 19.8 Å². The second kappa shape index (κ2) is 5.20. The van der Waals surface area contributed by atoms with E-state index in [9.17, 15) is 19.7 Å². The lowest BCUT2D eigenvalue weighted by atomic mass is 9.79. The maximum atomic E-state index is 11.9. The van der Waals surface area contributed by atoms with Gasteiger partial charge in [0, 0.05) is 13.1 Å². The van der Waals surface area contributed by atoms with Crippen molar-refractivity contribution in [1.29, 1.82) is 0 Å². The minimum Gasteiger partial charge on any atom is -0.348 e. The number of thiazole rings is 1. The number of carbonyl (C=O) groups excluding carboxylic acids is 2.